The molecule has 0 heterocycles. The first-order chi connectivity index (χ1) is 5.77. The summed E-state index contributed by atoms with van der Waals surface area (Å²) in [5.41, 5.74) is 0. The number of rotatable bonds is 6. The average molecular weight is 168 g/mol. The molecule has 3 unspecified atom stereocenters. The van der Waals surface area contributed by atoms with Crippen LogP contribution in [0.1, 0.15) is 59.3 Å². The van der Waals surface area contributed by atoms with Gasteiger partial charge in [-0.15, -0.1) is 0 Å². The third kappa shape index (κ3) is 3.16. The Morgan fingerprint density at radius 3 is 2.50 bits per heavy atom. The van der Waals surface area contributed by atoms with Gasteiger partial charge in [-0.25, -0.2) is 0 Å². The average Bonchev–Trinajstić information content (AvgIpc) is 2.69. The fourth-order valence-electron chi connectivity index (χ4n) is 2.45. The van der Waals surface area contributed by atoms with Crippen LogP contribution in [0.2, 0.25) is 0 Å². The van der Waals surface area contributed by atoms with Gasteiger partial charge in [-0.05, 0) is 30.6 Å². The number of hydrogen-bond donors (Lipinski definition) is 0. The van der Waals surface area contributed by atoms with Crippen LogP contribution in [0.15, 0.2) is 0 Å². The topological polar surface area (TPSA) is 0 Å². The zero-order chi connectivity index (χ0) is 8.97. The first-order valence-electron chi connectivity index (χ1n) is 5.77. The molecule has 1 aliphatic carbocycles. The van der Waals surface area contributed by atoms with Crippen molar-refractivity contribution in [2.24, 2.45) is 17.8 Å². The van der Waals surface area contributed by atoms with Crippen molar-refractivity contribution >= 4 is 0 Å². The predicted octanol–water partition coefficient (Wildman–Crippen LogP) is 4.25. The second-order valence-corrected chi connectivity index (χ2v) is 4.67. The summed E-state index contributed by atoms with van der Waals surface area (Å²) in [6.45, 7) is 7.03. The van der Waals surface area contributed by atoms with Crippen LogP contribution in [-0.4, -0.2) is 0 Å². The SMILES string of the molecule is CCCC(C)CC1CC1CCC. The minimum atomic E-state index is 0.988. The van der Waals surface area contributed by atoms with Crippen molar-refractivity contribution < 1.29 is 0 Å². The molecule has 1 fully saturated rings. The summed E-state index contributed by atoms with van der Waals surface area (Å²) < 4.78 is 0. The maximum absolute atomic E-state index is 2.42. The van der Waals surface area contributed by atoms with Crippen LogP contribution < -0.4 is 0 Å². The zero-order valence-corrected chi connectivity index (χ0v) is 8.97. The highest BCUT2D eigenvalue weighted by molar-refractivity contribution is 4.86. The second kappa shape index (κ2) is 4.89. The van der Waals surface area contributed by atoms with Crippen LogP contribution in [0.4, 0.5) is 0 Å². The molecule has 1 rings (SSSR count). The molecule has 0 nitrogen and oxygen atoms in total. The summed E-state index contributed by atoms with van der Waals surface area (Å²) in [5, 5.41) is 0. The van der Waals surface area contributed by atoms with Crippen molar-refractivity contribution in [1.82, 2.24) is 0 Å². The van der Waals surface area contributed by atoms with Gasteiger partial charge in [0.05, 0.1) is 0 Å². The monoisotopic (exact) mass is 168 g/mol. The molecular formula is C12H24. The Labute approximate surface area is 77.7 Å². The van der Waals surface area contributed by atoms with E-state index in [1.54, 1.807) is 6.42 Å². The highest BCUT2D eigenvalue weighted by Crippen LogP contribution is 2.46. The molecule has 0 bridgehead atoms. The summed E-state index contributed by atoms with van der Waals surface area (Å²) in [5.74, 6) is 3.22. The van der Waals surface area contributed by atoms with Gasteiger partial charge < -0.3 is 0 Å². The molecule has 0 saturated heterocycles. The van der Waals surface area contributed by atoms with Gasteiger partial charge in [-0.1, -0.05) is 46.5 Å². The van der Waals surface area contributed by atoms with Crippen LogP contribution in [-0.2, 0) is 0 Å². The Morgan fingerprint density at radius 1 is 1.17 bits per heavy atom. The lowest BCUT2D eigenvalue weighted by atomic mass is 9.98. The van der Waals surface area contributed by atoms with Gasteiger partial charge in [0.15, 0.2) is 0 Å². The maximum Gasteiger partial charge on any atom is -0.0380 e. The van der Waals surface area contributed by atoms with Crippen molar-refractivity contribution in [3.63, 3.8) is 0 Å². The predicted molar refractivity (Wildman–Crippen MR) is 55.2 cm³/mol. The molecule has 0 spiro atoms. The highest BCUT2D eigenvalue weighted by Gasteiger charge is 2.36. The van der Waals surface area contributed by atoms with E-state index in [9.17, 15) is 0 Å². The van der Waals surface area contributed by atoms with Crippen LogP contribution in [0.3, 0.4) is 0 Å². The first-order valence-corrected chi connectivity index (χ1v) is 5.77. The van der Waals surface area contributed by atoms with E-state index in [1.807, 2.05) is 0 Å². The van der Waals surface area contributed by atoms with E-state index in [4.69, 9.17) is 0 Å². The van der Waals surface area contributed by atoms with E-state index >= 15 is 0 Å². The summed E-state index contributed by atoms with van der Waals surface area (Å²) in [4.78, 5) is 0. The van der Waals surface area contributed by atoms with Crippen molar-refractivity contribution in [1.29, 1.82) is 0 Å². The van der Waals surface area contributed by atoms with Gasteiger partial charge >= 0.3 is 0 Å². The lowest BCUT2D eigenvalue weighted by Gasteiger charge is -2.08. The van der Waals surface area contributed by atoms with Crippen molar-refractivity contribution in [3.05, 3.63) is 0 Å². The fraction of sp³-hybridized carbons (Fsp3) is 1.00. The summed E-state index contributed by atoms with van der Waals surface area (Å²) in [6, 6.07) is 0. The van der Waals surface area contributed by atoms with E-state index in [1.165, 1.54) is 32.1 Å². The third-order valence-electron chi connectivity index (χ3n) is 3.22. The van der Waals surface area contributed by atoms with Crippen LogP contribution in [0.25, 0.3) is 0 Å². The van der Waals surface area contributed by atoms with E-state index < -0.39 is 0 Å². The van der Waals surface area contributed by atoms with E-state index in [0.29, 0.717) is 0 Å². The molecule has 72 valence electrons. The van der Waals surface area contributed by atoms with E-state index in [0.717, 1.165) is 17.8 Å². The summed E-state index contributed by atoms with van der Waals surface area (Å²) in [6.07, 6.45) is 8.74. The highest BCUT2D eigenvalue weighted by atomic mass is 14.4. The molecule has 0 radical (unpaired) electrons. The van der Waals surface area contributed by atoms with Crippen molar-refractivity contribution in [3.8, 4) is 0 Å². The fourth-order valence-corrected chi connectivity index (χ4v) is 2.45. The van der Waals surface area contributed by atoms with Gasteiger partial charge in [0.25, 0.3) is 0 Å². The molecule has 0 aromatic rings. The van der Waals surface area contributed by atoms with Gasteiger partial charge in [0, 0.05) is 0 Å². The molecule has 0 amide bonds. The van der Waals surface area contributed by atoms with Gasteiger partial charge in [0.1, 0.15) is 0 Å². The van der Waals surface area contributed by atoms with Gasteiger partial charge in [-0.2, -0.15) is 0 Å². The molecular weight excluding hydrogens is 144 g/mol. The van der Waals surface area contributed by atoms with Crippen LogP contribution in [0.5, 0.6) is 0 Å². The standard InChI is InChI=1S/C12H24/c1-4-6-10(3)8-12-9-11(12)7-5-2/h10-12H,4-9H2,1-3H3. The summed E-state index contributed by atoms with van der Waals surface area (Å²) >= 11 is 0. The maximum atomic E-state index is 2.42. The summed E-state index contributed by atoms with van der Waals surface area (Å²) in [7, 11) is 0. The second-order valence-electron chi connectivity index (χ2n) is 4.67. The lowest BCUT2D eigenvalue weighted by molar-refractivity contribution is 0.437. The molecule has 0 aromatic carbocycles. The van der Waals surface area contributed by atoms with Crippen molar-refractivity contribution in [2.75, 3.05) is 0 Å². The van der Waals surface area contributed by atoms with Gasteiger partial charge in [0.2, 0.25) is 0 Å². The van der Waals surface area contributed by atoms with Crippen molar-refractivity contribution in [2.45, 2.75) is 59.3 Å². The molecule has 0 heteroatoms. The Bertz CT molecular complexity index is 117. The number of hydrogen-bond acceptors (Lipinski definition) is 0. The molecule has 1 saturated carbocycles. The molecule has 0 aromatic heterocycles. The third-order valence-corrected chi connectivity index (χ3v) is 3.22. The smallest absolute Gasteiger partial charge is 0.0380 e. The van der Waals surface area contributed by atoms with Crippen LogP contribution >= 0.6 is 0 Å². The Kier molecular flexibility index (Phi) is 4.11. The minimum absolute atomic E-state index is 0.988. The van der Waals surface area contributed by atoms with Gasteiger partial charge in [-0.3, -0.25) is 0 Å². The van der Waals surface area contributed by atoms with E-state index in [-0.39, 0.29) is 0 Å². The largest absolute Gasteiger partial charge is 0.0654 e. The lowest BCUT2D eigenvalue weighted by Crippen LogP contribution is -1.96. The Morgan fingerprint density at radius 2 is 1.92 bits per heavy atom. The first kappa shape index (κ1) is 10.1. The van der Waals surface area contributed by atoms with Crippen LogP contribution in [0, 0.1) is 17.8 Å². The van der Waals surface area contributed by atoms with E-state index in [2.05, 4.69) is 20.8 Å². The molecule has 3 atom stereocenters. The molecule has 12 heavy (non-hydrogen) atoms. The normalized spacial score (nSPS) is 30.2. The molecule has 0 aliphatic heterocycles. The molecule has 0 N–H and O–H groups in total. The quantitative estimate of drug-likeness (QED) is 0.556. The zero-order valence-electron chi connectivity index (χ0n) is 8.97. The minimum Gasteiger partial charge on any atom is -0.0654 e. The Balaban J connectivity index is 2.02. The molecule has 1 aliphatic rings. The Hall–Kier alpha value is 0.